The van der Waals surface area contributed by atoms with Gasteiger partial charge in [-0.1, -0.05) is 34.1 Å². The molecule has 0 aliphatic carbocycles. The number of nitrogens with zero attached hydrogens (tertiary/aromatic N) is 4. The summed E-state index contributed by atoms with van der Waals surface area (Å²) < 4.78 is 5.29. The lowest BCUT2D eigenvalue weighted by Gasteiger charge is -2.11. The van der Waals surface area contributed by atoms with Gasteiger partial charge in [0.25, 0.3) is 0 Å². The van der Waals surface area contributed by atoms with Crippen LogP contribution < -0.4 is 14.9 Å². The lowest BCUT2D eigenvalue weighted by Crippen LogP contribution is -2.40. The molecule has 0 radical (unpaired) electrons. The summed E-state index contributed by atoms with van der Waals surface area (Å²) in [6.45, 7) is 0.621. The van der Waals surface area contributed by atoms with E-state index in [1.165, 1.54) is 0 Å². The van der Waals surface area contributed by atoms with Gasteiger partial charge in [-0.3, -0.25) is 4.84 Å². The zero-order chi connectivity index (χ0) is 18.8. The van der Waals surface area contributed by atoms with Crippen LogP contribution in [0.25, 0.3) is 16.9 Å². The normalized spacial score (nSPS) is 10.9. The second-order valence-corrected chi connectivity index (χ2v) is 7.55. The lowest BCUT2D eigenvalue weighted by atomic mass is 10.1. The van der Waals surface area contributed by atoms with E-state index in [-0.39, 0.29) is 0 Å². The zero-order valence-electron chi connectivity index (χ0n) is 14.4. The highest BCUT2D eigenvalue weighted by molar-refractivity contribution is 9.11. The highest BCUT2D eigenvalue weighted by Crippen LogP contribution is 2.30. The summed E-state index contributed by atoms with van der Waals surface area (Å²) in [7, 11) is 1.63. The Morgan fingerprint density at radius 1 is 1.15 bits per heavy atom. The number of fused-ring (bicyclic) bond motifs is 1. The first-order valence-corrected chi connectivity index (χ1v) is 9.82. The second kappa shape index (κ2) is 7.66. The molecule has 1 N–H and O–H groups in total. The third-order valence-electron chi connectivity index (χ3n) is 4.10. The topological polar surface area (TPSA) is 55.3 Å². The van der Waals surface area contributed by atoms with Gasteiger partial charge in [0.05, 0.1) is 16.4 Å². The quantitative estimate of drug-likeness (QED) is 0.432. The molecule has 8 heteroatoms. The summed E-state index contributed by atoms with van der Waals surface area (Å²) in [5.41, 5.74) is 3.72. The molecule has 0 bridgehead atoms. The van der Waals surface area contributed by atoms with E-state index in [1.807, 2.05) is 54.9 Å². The van der Waals surface area contributed by atoms with Crippen LogP contribution in [0.1, 0.15) is 5.56 Å². The van der Waals surface area contributed by atoms with Crippen molar-refractivity contribution < 1.29 is 9.57 Å². The molecule has 0 amide bonds. The number of halogens is 2. The molecule has 0 aliphatic heterocycles. The van der Waals surface area contributed by atoms with Crippen LogP contribution in [0, 0.1) is 0 Å². The number of hydrogen-bond acceptors (Lipinski definition) is 4. The van der Waals surface area contributed by atoms with Crippen LogP contribution in [0.2, 0.25) is 0 Å². The fourth-order valence-electron chi connectivity index (χ4n) is 2.78. The van der Waals surface area contributed by atoms with E-state index >= 15 is 0 Å². The molecule has 0 aliphatic rings. The maximum absolute atomic E-state index is 5.22. The number of pyridine rings is 1. The largest absolute Gasteiger partial charge is 0.366 e. The Kier molecular flexibility index (Phi) is 5.09. The molecule has 3 aromatic heterocycles. The van der Waals surface area contributed by atoms with Crippen LogP contribution in [0.3, 0.4) is 0 Å². The number of nitrogens with one attached hydrogen (secondary N) is 1. The highest BCUT2D eigenvalue weighted by Gasteiger charge is 2.13. The van der Waals surface area contributed by atoms with Crippen molar-refractivity contribution in [1.29, 1.82) is 0 Å². The van der Waals surface area contributed by atoms with Gasteiger partial charge in [-0.25, -0.2) is 4.98 Å². The summed E-state index contributed by atoms with van der Waals surface area (Å²) in [5.74, 6) is 0.851. The molecule has 4 aromatic rings. The molecule has 6 nitrogen and oxygen atoms in total. The summed E-state index contributed by atoms with van der Waals surface area (Å²) in [6.07, 6.45) is 5.53. The van der Waals surface area contributed by atoms with Crippen LogP contribution in [0.4, 0.5) is 5.82 Å². The molecule has 27 heavy (non-hydrogen) atoms. The first kappa shape index (κ1) is 17.9. The van der Waals surface area contributed by atoms with E-state index in [0.29, 0.717) is 6.54 Å². The van der Waals surface area contributed by atoms with Crippen molar-refractivity contribution in [1.82, 2.24) is 14.6 Å². The summed E-state index contributed by atoms with van der Waals surface area (Å²) >= 11 is 7.15. The average molecular weight is 490 g/mol. The van der Waals surface area contributed by atoms with E-state index < -0.39 is 0 Å². The molecule has 0 atom stereocenters. The minimum Gasteiger partial charge on any atom is -0.366 e. The molecular formula is C19H16Br2N5O+. The van der Waals surface area contributed by atoms with E-state index in [9.17, 15) is 0 Å². The third-order valence-corrected chi connectivity index (χ3v) is 5.35. The van der Waals surface area contributed by atoms with Gasteiger partial charge >= 0.3 is 0 Å². The Morgan fingerprint density at radius 2 is 2.00 bits per heavy atom. The van der Waals surface area contributed by atoms with Gasteiger partial charge in [0.15, 0.2) is 5.65 Å². The number of benzene rings is 1. The van der Waals surface area contributed by atoms with Crippen molar-refractivity contribution in [3.05, 3.63) is 75.6 Å². The van der Waals surface area contributed by atoms with Crippen molar-refractivity contribution in [3.63, 3.8) is 0 Å². The van der Waals surface area contributed by atoms with Crippen LogP contribution >= 0.6 is 31.9 Å². The first-order chi connectivity index (χ1) is 13.2. The molecule has 1 aromatic carbocycles. The van der Waals surface area contributed by atoms with Crippen LogP contribution in [-0.2, 0) is 6.54 Å². The van der Waals surface area contributed by atoms with Crippen LogP contribution in [0.15, 0.2) is 70.0 Å². The highest BCUT2D eigenvalue weighted by atomic mass is 79.9. The molecule has 4 rings (SSSR count). The number of rotatable bonds is 5. The molecule has 3 heterocycles. The lowest BCUT2D eigenvalue weighted by molar-refractivity contribution is -0.885. The number of anilines is 1. The summed E-state index contributed by atoms with van der Waals surface area (Å²) in [4.78, 5) is 9.99. The maximum Gasteiger partial charge on any atom is 0.227 e. The summed E-state index contributed by atoms with van der Waals surface area (Å²) in [6, 6.07) is 14.0. The van der Waals surface area contributed by atoms with Gasteiger partial charge in [-0.05, 0) is 28.1 Å². The Morgan fingerprint density at radius 3 is 2.81 bits per heavy atom. The first-order valence-electron chi connectivity index (χ1n) is 8.23. The second-order valence-electron chi connectivity index (χ2n) is 5.84. The molecule has 136 valence electrons. The molecule has 0 saturated carbocycles. The van der Waals surface area contributed by atoms with Crippen molar-refractivity contribution in [2.24, 2.45) is 0 Å². The molecule has 0 saturated heterocycles. The Balaban J connectivity index is 1.74. The van der Waals surface area contributed by atoms with Crippen LogP contribution in [0.5, 0.6) is 0 Å². The van der Waals surface area contributed by atoms with E-state index in [2.05, 4.69) is 42.3 Å². The fourth-order valence-corrected chi connectivity index (χ4v) is 3.62. The van der Waals surface area contributed by atoms with Gasteiger partial charge in [0.1, 0.15) is 12.9 Å². The monoisotopic (exact) mass is 488 g/mol. The predicted molar refractivity (Wildman–Crippen MR) is 110 cm³/mol. The Hall–Kier alpha value is -2.45. The summed E-state index contributed by atoms with van der Waals surface area (Å²) in [5, 5.41) is 7.88. The predicted octanol–water partition coefficient (Wildman–Crippen LogP) is 3.88. The van der Waals surface area contributed by atoms with Gasteiger partial charge in [0, 0.05) is 39.0 Å². The minimum absolute atomic E-state index is 0.621. The maximum atomic E-state index is 5.22. The van der Waals surface area contributed by atoms with Crippen molar-refractivity contribution in [2.75, 3.05) is 12.4 Å². The van der Waals surface area contributed by atoms with Crippen molar-refractivity contribution in [3.8, 4) is 11.3 Å². The Bertz CT molecular complexity index is 1110. The zero-order valence-corrected chi connectivity index (χ0v) is 17.6. The van der Waals surface area contributed by atoms with Gasteiger partial charge in [-0.2, -0.15) is 9.61 Å². The van der Waals surface area contributed by atoms with Gasteiger partial charge in [0.2, 0.25) is 12.4 Å². The smallest absolute Gasteiger partial charge is 0.227 e. The Labute approximate surface area is 173 Å². The van der Waals surface area contributed by atoms with Crippen molar-refractivity contribution >= 4 is 43.3 Å². The minimum atomic E-state index is 0.621. The number of hydrogen-bond donors (Lipinski definition) is 1. The van der Waals surface area contributed by atoms with E-state index in [4.69, 9.17) is 9.82 Å². The molecule has 0 unspecified atom stereocenters. The van der Waals surface area contributed by atoms with Crippen molar-refractivity contribution in [2.45, 2.75) is 6.54 Å². The SMILES string of the molecule is CO[n+]1cccc(CNc2cc(-c3ccccc3Br)nc3c(Br)cnn23)c1. The standard InChI is InChI=1S/C19H16Br2N5O/c1-27-25-8-4-5-13(12-25)10-22-18-9-17(14-6-2-3-7-15(14)20)24-19-16(21)11-23-26(18)19/h2-9,11-12,22H,10H2,1H3/q+1. The van der Waals surface area contributed by atoms with Gasteiger partial charge < -0.3 is 5.32 Å². The van der Waals surface area contributed by atoms with E-state index in [0.717, 1.165) is 37.2 Å². The molecular weight excluding hydrogens is 474 g/mol. The average Bonchev–Trinajstić information content (AvgIpc) is 3.07. The van der Waals surface area contributed by atoms with E-state index in [1.54, 1.807) is 22.6 Å². The van der Waals surface area contributed by atoms with Gasteiger partial charge in [-0.15, -0.1) is 0 Å². The molecule has 0 spiro atoms. The number of aromatic nitrogens is 4. The third kappa shape index (κ3) is 3.68. The fraction of sp³-hybridized carbons (Fsp3) is 0.105. The molecule has 0 fully saturated rings. The van der Waals surface area contributed by atoms with Crippen LogP contribution in [-0.4, -0.2) is 21.7 Å².